The standard InChI is InChI=1S/C11H16N2O3/c1-11(2,3)16-10(14)13-12-7-6-9-5-4-8-15-9/h4-5,7-8H,6H2,1-3H3,(H,13,14)/b12-7+. The second kappa shape index (κ2) is 5.34. The summed E-state index contributed by atoms with van der Waals surface area (Å²) in [6, 6.07) is 3.63. The summed E-state index contributed by atoms with van der Waals surface area (Å²) in [5, 5.41) is 3.72. The van der Waals surface area contributed by atoms with Crippen molar-refractivity contribution in [3.63, 3.8) is 0 Å². The van der Waals surface area contributed by atoms with Gasteiger partial charge in [-0.25, -0.2) is 10.2 Å². The number of nitrogens with one attached hydrogen (secondary N) is 1. The first kappa shape index (κ1) is 12.3. The van der Waals surface area contributed by atoms with Gasteiger partial charge in [-0.05, 0) is 32.9 Å². The van der Waals surface area contributed by atoms with Gasteiger partial charge in [0.1, 0.15) is 11.4 Å². The van der Waals surface area contributed by atoms with Crippen molar-refractivity contribution in [1.29, 1.82) is 0 Å². The molecule has 0 bridgehead atoms. The molecule has 0 aromatic carbocycles. The molecular formula is C11H16N2O3. The highest BCUT2D eigenvalue weighted by atomic mass is 16.6. The Balaban J connectivity index is 2.24. The van der Waals surface area contributed by atoms with Crippen molar-refractivity contribution in [3.8, 4) is 0 Å². The summed E-state index contributed by atoms with van der Waals surface area (Å²) in [5.74, 6) is 0.787. The van der Waals surface area contributed by atoms with Crippen LogP contribution in [0.5, 0.6) is 0 Å². The average molecular weight is 224 g/mol. The molecule has 5 heteroatoms. The van der Waals surface area contributed by atoms with Crippen LogP contribution in [0.3, 0.4) is 0 Å². The molecule has 0 unspecified atom stereocenters. The minimum absolute atomic E-state index is 0.513. The number of hydrazone groups is 1. The molecule has 1 aromatic rings. The summed E-state index contributed by atoms with van der Waals surface area (Å²) >= 11 is 0. The Morgan fingerprint density at radius 1 is 1.62 bits per heavy atom. The van der Waals surface area contributed by atoms with Gasteiger partial charge in [0.2, 0.25) is 0 Å². The predicted octanol–water partition coefficient (Wildman–Crippen LogP) is 2.33. The molecule has 0 radical (unpaired) electrons. The van der Waals surface area contributed by atoms with Crippen LogP contribution in [0.1, 0.15) is 26.5 Å². The summed E-state index contributed by atoms with van der Waals surface area (Å²) in [6.07, 6.45) is 3.10. The molecule has 16 heavy (non-hydrogen) atoms. The smallest absolute Gasteiger partial charge is 0.428 e. The molecule has 0 aliphatic carbocycles. The van der Waals surface area contributed by atoms with Crippen molar-refractivity contribution in [3.05, 3.63) is 24.2 Å². The zero-order valence-corrected chi connectivity index (χ0v) is 9.69. The van der Waals surface area contributed by atoms with Crippen LogP contribution in [0, 0.1) is 0 Å². The fourth-order valence-corrected chi connectivity index (χ4v) is 0.964. The fourth-order valence-electron chi connectivity index (χ4n) is 0.964. The number of hydrogen-bond donors (Lipinski definition) is 1. The van der Waals surface area contributed by atoms with E-state index in [2.05, 4.69) is 10.5 Å². The van der Waals surface area contributed by atoms with Gasteiger partial charge in [-0.1, -0.05) is 0 Å². The van der Waals surface area contributed by atoms with Crippen LogP contribution < -0.4 is 5.43 Å². The largest absolute Gasteiger partial charge is 0.469 e. The van der Waals surface area contributed by atoms with Crippen molar-refractivity contribution >= 4 is 12.3 Å². The van der Waals surface area contributed by atoms with Gasteiger partial charge in [0, 0.05) is 12.6 Å². The first-order valence-electron chi connectivity index (χ1n) is 5.00. The molecule has 1 aromatic heterocycles. The lowest BCUT2D eigenvalue weighted by molar-refractivity contribution is 0.0529. The van der Waals surface area contributed by atoms with Crippen LogP contribution >= 0.6 is 0 Å². The lowest BCUT2D eigenvalue weighted by Crippen LogP contribution is -2.29. The van der Waals surface area contributed by atoms with Crippen LogP contribution in [0.15, 0.2) is 27.9 Å². The average Bonchev–Trinajstić information content (AvgIpc) is 2.62. The van der Waals surface area contributed by atoms with Crippen molar-refractivity contribution in [2.24, 2.45) is 5.10 Å². The highest BCUT2D eigenvalue weighted by Crippen LogP contribution is 2.06. The molecule has 0 atom stereocenters. The van der Waals surface area contributed by atoms with E-state index in [0.717, 1.165) is 5.76 Å². The maximum atomic E-state index is 11.1. The van der Waals surface area contributed by atoms with Crippen molar-refractivity contribution in [2.75, 3.05) is 0 Å². The molecule has 1 rings (SSSR count). The van der Waals surface area contributed by atoms with Gasteiger partial charge in [-0.15, -0.1) is 0 Å². The first-order valence-corrected chi connectivity index (χ1v) is 5.00. The Bertz CT molecular complexity index is 350. The van der Waals surface area contributed by atoms with Crippen molar-refractivity contribution in [2.45, 2.75) is 32.8 Å². The van der Waals surface area contributed by atoms with E-state index in [1.807, 2.05) is 6.07 Å². The van der Waals surface area contributed by atoms with E-state index in [1.165, 1.54) is 0 Å². The second-order valence-electron chi connectivity index (χ2n) is 4.21. The Morgan fingerprint density at radius 3 is 2.94 bits per heavy atom. The number of carbonyl (C=O) groups is 1. The Morgan fingerprint density at radius 2 is 2.38 bits per heavy atom. The quantitative estimate of drug-likeness (QED) is 0.633. The maximum absolute atomic E-state index is 11.1. The normalized spacial score (nSPS) is 11.7. The molecule has 1 N–H and O–H groups in total. The first-order chi connectivity index (χ1) is 7.47. The minimum Gasteiger partial charge on any atom is -0.469 e. The number of hydrogen-bond acceptors (Lipinski definition) is 4. The lowest BCUT2D eigenvalue weighted by atomic mass is 10.2. The molecule has 1 heterocycles. The molecule has 0 fully saturated rings. The third-order valence-electron chi connectivity index (χ3n) is 1.52. The lowest BCUT2D eigenvalue weighted by Gasteiger charge is -2.18. The molecule has 0 aliphatic heterocycles. The van der Waals surface area contributed by atoms with E-state index in [1.54, 1.807) is 39.3 Å². The van der Waals surface area contributed by atoms with E-state index in [4.69, 9.17) is 9.15 Å². The van der Waals surface area contributed by atoms with Crippen LogP contribution in [0.2, 0.25) is 0 Å². The van der Waals surface area contributed by atoms with Gasteiger partial charge < -0.3 is 9.15 Å². The summed E-state index contributed by atoms with van der Waals surface area (Å²) in [5.41, 5.74) is 1.75. The van der Waals surface area contributed by atoms with Gasteiger partial charge in [0.05, 0.1) is 6.26 Å². The number of rotatable bonds is 3. The van der Waals surface area contributed by atoms with E-state index in [0.29, 0.717) is 6.42 Å². The fraction of sp³-hybridized carbons (Fsp3) is 0.455. The zero-order valence-electron chi connectivity index (χ0n) is 9.69. The van der Waals surface area contributed by atoms with E-state index in [9.17, 15) is 4.79 Å². The van der Waals surface area contributed by atoms with E-state index >= 15 is 0 Å². The van der Waals surface area contributed by atoms with Gasteiger partial charge in [-0.2, -0.15) is 5.10 Å². The van der Waals surface area contributed by atoms with Gasteiger partial charge in [0.15, 0.2) is 0 Å². The topological polar surface area (TPSA) is 63.8 Å². The highest BCUT2D eigenvalue weighted by molar-refractivity contribution is 5.69. The van der Waals surface area contributed by atoms with Crippen LogP contribution in [0.25, 0.3) is 0 Å². The van der Waals surface area contributed by atoms with E-state index < -0.39 is 11.7 Å². The monoisotopic (exact) mass is 224 g/mol. The Labute approximate surface area is 94.5 Å². The third kappa shape index (κ3) is 5.19. The highest BCUT2D eigenvalue weighted by Gasteiger charge is 2.15. The van der Waals surface area contributed by atoms with Crippen LogP contribution in [-0.4, -0.2) is 17.9 Å². The minimum atomic E-state index is -0.566. The van der Waals surface area contributed by atoms with E-state index in [-0.39, 0.29) is 0 Å². The molecule has 0 saturated carbocycles. The zero-order chi connectivity index (χ0) is 12.0. The molecule has 0 aliphatic rings. The Kier molecular flexibility index (Phi) is 4.10. The molecule has 5 nitrogen and oxygen atoms in total. The van der Waals surface area contributed by atoms with Crippen LogP contribution in [-0.2, 0) is 11.2 Å². The summed E-state index contributed by atoms with van der Waals surface area (Å²) in [7, 11) is 0. The Hall–Kier alpha value is -1.78. The van der Waals surface area contributed by atoms with Crippen LogP contribution in [0.4, 0.5) is 4.79 Å². The third-order valence-corrected chi connectivity index (χ3v) is 1.52. The summed E-state index contributed by atoms with van der Waals surface area (Å²) in [6.45, 7) is 5.37. The number of nitrogens with zero attached hydrogens (tertiary/aromatic N) is 1. The predicted molar refractivity (Wildman–Crippen MR) is 60.3 cm³/mol. The molecule has 0 saturated heterocycles. The van der Waals surface area contributed by atoms with Gasteiger partial charge in [-0.3, -0.25) is 0 Å². The van der Waals surface area contributed by atoms with Gasteiger partial charge in [0.25, 0.3) is 0 Å². The molecule has 88 valence electrons. The molecule has 0 spiro atoms. The second-order valence-corrected chi connectivity index (χ2v) is 4.21. The summed E-state index contributed by atoms with van der Waals surface area (Å²) < 4.78 is 10.1. The number of ether oxygens (including phenoxy) is 1. The number of carbonyl (C=O) groups excluding carboxylic acids is 1. The molecular weight excluding hydrogens is 208 g/mol. The SMILES string of the molecule is CC(C)(C)OC(=O)N/N=C/Cc1ccco1. The maximum Gasteiger partial charge on any atom is 0.428 e. The molecule has 1 amide bonds. The number of amides is 1. The van der Waals surface area contributed by atoms with Gasteiger partial charge >= 0.3 is 6.09 Å². The van der Waals surface area contributed by atoms with Crippen molar-refractivity contribution in [1.82, 2.24) is 5.43 Å². The summed E-state index contributed by atoms with van der Waals surface area (Å²) in [4.78, 5) is 11.1. The van der Waals surface area contributed by atoms with Crippen molar-refractivity contribution < 1.29 is 13.9 Å². The number of furan rings is 1.